The van der Waals surface area contributed by atoms with Gasteiger partial charge in [-0.15, -0.1) is 0 Å². The van der Waals surface area contributed by atoms with Gasteiger partial charge in [-0.3, -0.25) is 10.2 Å². The van der Waals surface area contributed by atoms with Gasteiger partial charge in [0.1, 0.15) is 5.82 Å². The molecule has 1 saturated carbocycles. The summed E-state index contributed by atoms with van der Waals surface area (Å²) in [6.45, 7) is 0. The number of rotatable bonds is 4. The van der Waals surface area contributed by atoms with Crippen LogP contribution in [-0.2, 0) is 0 Å². The van der Waals surface area contributed by atoms with Crippen molar-refractivity contribution in [1.82, 2.24) is 0 Å². The van der Waals surface area contributed by atoms with Crippen LogP contribution in [0.4, 0.5) is 20.6 Å². The highest BCUT2D eigenvalue weighted by Gasteiger charge is 2.24. The normalized spacial score (nSPS) is 12.3. The van der Waals surface area contributed by atoms with E-state index in [4.69, 9.17) is 26.2 Å². The summed E-state index contributed by atoms with van der Waals surface area (Å²) in [5.41, 5.74) is 7.27. The van der Waals surface area contributed by atoms with Crippen molar-refractivity contribution in [2.45, 2.75) is 18.8 Å². The van der Waals surface area contributed by atoms with E-state index in [0.29, 0.717) is 17.2 Å². The zero-order chi connectivity index (χ0) is 20.0. The number of carboxylic acid groups (broad SMARTS) is 2. The first-order valence-corrected chi connectivity index (χ1v) is 8.00. The average molecular weight is 374 g/mol. The van der Waals surface area contributed by atoms with Crippen LogP contribution in [0.5, 0.6) is 0 Å². The lowest BCUT2D eigenvalue weighted by Crippen LogP contribution is -2.21. The predicted octanol–water partition coefficient (Wildman–Crippen LogP) is 3.48. The quantitative estimate of drug-likeness (QED) is 0.356. The molecule has 1 amide bonds. The largest absolute Gasteiger partial charge is 0.503 e. The fourth-order valence-electron chi connectivity index (χ4n) is 2.39. The fourth-order valence-corrected chi connectivity index (χ4v) is 2.39. The van der Waals surface area contributed by atoms with E-state index < -0.39 is 17.9 Å². The molecule has 0 atom stereocenters. The lowest BCUT2D eigenvalue weighted by atomic mass is 10.1. The minimum Gasteiger partial charge on any atom is -0.450 e. The molecule has 0 aliphatic heterocycles. The van der Waals surface area contributed by atoms with E-state index in [1.807, 2.05) is 6.07 Å². The molecule has 1 aliphatic rings. The van der Waals surface area contributed by atoms with Crippen molar-refractivity contribution in [3.8, 4) is 0 Å². The highest BCUT2D eigenvalue weighted by Crippen LogP contribution is 2.40. The number of carbonyl (C=O) groups is 2. The maximum absolute atomic E-state index is 14.1. The van der Waals surface area contributed by atoms with Gasteiger partial charge in [-0.25, -0.2) is 9.18 Å². The van der Waals surface area contributed by atoms with Gasteiger partial charge in [0.25, 0.3) is 5.91 Å². The first kappa shape index (κ1) is 19.7. The van der Waals surface area contributed by atoms with Gasteiger partial charge in [-0.2, -0.15) is 0 Å². The Labute approximate surface area is 154 Å². The molecule has 7 N–H and O–H groups in total. The molecule has 0 spiro atoms. The van der Waals surface area contributed by atoms with Crippen LogP contribution in [0.25, 0.3) is 0 Å². The number of hydrogen-bond acceptors (Lipinski definition) is 3. The standard InChI is InChI=1S/C17H17FN4O.CH2O3/c18-14-9-11(10-4-5-10)6-7-15(14)22-16(23)12-2-1-3-13(8-12)21-17(19)20;2-1(3)4/h1-3,6-10H,4-5H2,(H,22,23)(H4,19,20,21);(H2,2,3,4). The predicted molar refractivity (Wildman–Crippen MR) is 99.0 cm³/mol. The Morgan fingerprint density at radius 2 is 1.78 bits per heavy atom. The maximum Gasteiger partial charge on any atom is 0.503 e. The molecule has 0 aromatic heterocycles. The number of hydrogen-bond donors (Lipinski definition) is 6. The van der Waals surface area contributed by atoms with Crippen molar-refractivity contribution in [3.63, 3.8) is 0 Å². The van der Waals surface area contributed by atoms with Crippen molar-refractivity contribution in [2.75, 3.05) is 10.6 Å². The van der Waals surface area contributed by atoms with Gasteiger partial charge >= 0.3 is 6.16 Å². The zero-order valence-corrected chi connectivity index (χ0v) is 14.2. The Morgan fingerprint density at radius 1 is 1.11 bits per heavy atom. The molecule has 27 heavy (non-hydrogen) atoms. The summed E-state index contributed by atoms with van der Waals surface area (Å²) in [7, 11) is 0. The Bertz CT molecular complexity index is 864. The lowest BCUT2D eigenvalue weighted by molar-refractivity contribution is 0.102. The second-order valence-corrected chi connectivity index (χ2v) is 5.87. The molecule has 0 bridgehead atoms. The highest BCUT2D eigenvalue weighted by molar-refractivity contribution is 6.05. The number of nitrogens with one attached hydrogen (secondary N) is 3. The molecule has 9 heteroatoms. The highest BCUT2D eigenvalue weighted by atomic mass is 19.1. The molecular formula is C18H19FN4O4. The summed E-state index contributed by atoms with van der Waals surface area (Å²) in [4.78, 5) is 20.8. The summed E-state index contributed by atoms with van der Waals surface area (Å²) < 4.78 is 14.1. The van der Waals surface area contributed by atoms with E-state index in [0.717, 1.165) is 18.4 Å². The minimum absolute atomic E-state index is 0.157. The molecule has 8 nitrogen and oxygen atoms in total. The molecule has 142 valence electrons. The summed E-state index contributed by atoms with van der Waals surface area (Å²) in [6.07, 6.45) is 0.363. The second-order valence-electron chi connectivity index (χ2n) is 5.87. The molecule has 0 heterocycles. The zero-order valence-electron chi connectivity index (χ0n) is 14.2. The monoisotopic (exact) mass is 374 g/mol. The first-order chi connectivity index (χ1) is 12.8. The van der Waals surface area contributed by atoms with Gasteiger partial charge in [0, 0.05) is 11.3 Å². The van der Waals surface area contributed by atoms with Gasteiger partial charge < -0.3 is 26.6 Å². The molecule has 1 fully saturated rings. The Hall–Kier alpha value is -3.62. The van der Waals surface area contributed by atoms with Gasteiger partial charge in [0.05, 0.1) is 5.69 Å². The molecule has 0 radical (unpaired) electrons. The molecule has 3 rings (SSSR count). The van der Waals surface area contributed by atoms with E-state index in [9.17, 15) is 9.18 Å². The van der Waals surface area contributed by atoms with E-state index in [2.05, 4.69) is 10.6 Å². The van der Waals surface area contributed by atoms with E-state index >= 15 is 0 Å². The molecule has 1 aliphatic carbocycles. The third kappa shape index (κ3) is 6.31. The number of amides is 1. The number of benzene rings is 2. The van der Waals surface area contributed by atoms with Gasteiger partial charge in [0.2, 0.25) is 0 Å². The fraction of sp³-hybridized carbons (Fsp3) is 0.167. The van der Waals surface area contributed by atoms with E-state index in [1.54, 1.807) is 30.3 Å². The summed E-state index contributed by atoms with van der Waals surface area (Å²) in [5, 5.41) is 26.3. The van der Waals surface area contributed by atoms with Crippen LogP contribution < -0.4 is 16.4 Å². The van der Waals surface area contributed by atoms with Crippen molar-refractivity contribution in [2.24, 2.45) is 5.73 Å². The molecule has 0 unspecified atom stereocenters. The average Bonchev–Trinajstić information content (AvgIpc) is 3.40. The van der Waals surface area contributed by atoms with Gasteiger partial charge in [-0.1, -0.05) is 12.1 Å². The topological polar surface area (TPSA) is 149 Å². The molecule has 2 aromatic rings. The van der Waals surface area contributed by atoms with Crippen LogP contribution in [0, 0.1) is 11.2 Å². The third-order valence-electron chi connectivity index (χ3n) is 3.69. The number of halogens is 1. The second kappa shape index (κ2) is 8.65. The van der Waals surface area contributed by atoms with Crippen LogP contribution in [-0.4, -0.2) is 28.2 Å². The van der Waals surface area contributed by atoms with Crippen LogP contribution in [0.15, 0.2) is 42.5 Å². The Kier molecular flexibility index (Phi) is 6.32. The minimum atomic E-state index is -1.83. The van der Waals surface area contributed by atoms with Crippen LogP contribution in [0.1, 0.15) is 34.7 Å². The number of anilines is 2. The summed E-state index contributed by atoms with van der Waals surface area (Å²) in [6, 6.07) is 11.4. The molecule has 2 aromatic carbocycles. The van der Waals surface area contributed by atoms with Crippen molar-refractivity contribution >= 4 is 29.4 Å². The van der Waals surface area contributed by atoms with Gasteiger partial charge in [-0.05, 0) is 54.7 Å². The van der Waals surface area contributed by atoms with Crippen molar-refractivity contribution in [3.05, 3.63) is 59.4 Å². The van der Waals surface area contributed by atoms with Crippen molar-refractivity contribution in [1.29, 1.82) is 5.41 Å². The smallest absolute Gasteiger partial charge is 0.450 e. The number of carbonyl (C=O) groups excluding carboxylic acids is 1. The van der Waals surface area contributed by atoms with Crippen molar-refractivity contribution < 1.29 is 24.2 Å². The first-order valence-electron chi connectivity index (χ1n) is 8.00. The maximum atomic E-state index is 14.1. The number of nitrogens with two attached hydrogens (primary N) is 1. The van der Waals surface area contributed by atoms with Gasteiger partial charge in [0.15, 0.2) is 5.96 Å². The summed E-state index contributed by atoms with van der Waals surface area (Å²) >= 11 is 0. The molecule has 0 saturated heterocycles. The Balaban J connectivity index is 0.000000596. The van der Waals surface area contributed by atoms with Crippen LogP contribution in [0.3, 0.4) is 0 Å². The Morgan fingerprint density at radius 3 is 2.33 bits per heavy atom. The summed E-state index contributed by atoms with van der Waals surface area (Å²) in [5.74, 6) is -0.608. The SMILES string of the molecule is N=C(N)Nc1cccc(C(=O)Nc2ccc(C3CC3)cc2F)c1.O=C(O)O. The third-order valence-corrected chi connectivity index (χ3v) is 3.69. The molecular weight excluding hydrogens is 355 g/mol. The number of guanidine groups is 1. The van der Waals surface area contributed by atoms with E-state index in [-0.39, 0.29) is 11.6 Å². The van der Waals surface area contributed by atoms with E-state index in [1.165, 1.54) is 6.07 Å². The lowest BCUT2D eigenvalue weighted by Gasteiger charge is -2.09. The van der Waals surface area contributed by atoms with Crippen LogP contribution >= 0.6 is 0 Å². The van der Waals surface area contributed by atoms with Crippen LogP contribution in [0.2, 0.25) is 0 Å².